The zero-order valence-corrected chi connectivity index (χ0v) is 16.0. The van der Waals surface area contributed by atoms with Crippen LogP contribution in [0.5, 0.6) is 0 Å². The molecule has 0 bridgehead atoms. The van der Waals surface area contributed by atoms with Crippen molar-refractivity contribution in [2.24, 2.45) is 14.1 Å². The van der Waals surface area contributed by atoms with Crippen molar-refractivity contribution >= 4 is 12.0 Å². The van der Waals surface area contributed by atoms with Gasteiger partial charge in [0.05, 0.1) is 11.6 Å². The number of benzene rings is 1. The number of rotatable bonds is 4. The van der Waals surface area contributed by atoms with Crippen molar-refractivity contribution in [3.8, 4) is 0 Å². The van der Waals surface area contributed by atoms with Gasteiger partial charge in [0.25, 0.3) is 5.56 Å². The van der Waals surface area contributed by atoms with Crippen molar-refractivity contribution in [3.05, 3.63) is 73.6 Å². The number of nitrogens with zero attached hydrogens (tertiary/aromatic N) is 2. The molecule has 0 spiro atoms. The summed E-state index contributed by atoms with van der Waals surface area (Å²) in [6, 6.07) is 6.29. The number of fused-ring (bicyclic) bond motifs is 1. The maximum absolute atomic E-state index is 12.3. The molecule has 2 aromatic rings. The zero-order valence-electron chi connectivity index (χ0n) is 16.0. The third kappa shape index (κ3) is 4.10. The lowest BCUT2D eigenvalue weighted by Crippen LogP contribution is -2.37. The Balaban J connectivity index is 1.71. The molecular formula is C21H25N3O3. The SMILES string of the molecule is CC(NC(=O)/C=C/c1cn(C)c(=O)n(C)c1=O)c1ccc2c(c1)CCCC2. The molecule has 1 N–H and O–H groups in total. The Morgan fingerprint density at radius 2 is 1.85 bits per heavy atom. The van der Waals surface area contributed by atoms with Crippen LogP contribution in [0.1, 0.15) is 48.1 Å². The molecule has 0 saturated heterocycles. The lowest BCUT2D eigenvalue weighted by atomic mass is 9.89. The van der Waals surface area contributed by atoms with Gasteiger partial charge in [-0.1, -0.05) is 18.2 Å². The summed E-state index contributed by atoms with van der Waals surface area (Å²) in [5.74, 6) is -0.281. The molecule has 1 aromatic carbocycles. The molecule has 1 unspecified atom stereocenters. The molecule has 1 amide bonds. The van der Waals surface area contributed by atoms with Gasteiger partial charge in [-0.25, -0.2) is 4.79 Å². The van der Waals surface area contributed by atoms with E-state index in [-0.39, 0.29) is 17.5 Å². The number of hydrogen-bond acceptors (Lipinski definition) is 3. The van der Waals surface area contributed by atoms with Crippen LogP contribution in [0.3, 0.4) is 0 Å². The molecule has 0 saturated carbocycles. The van der Waals surface area contributed by atoms with Gasteiger partial charge in [-0.15, -0.1) is 0 Å². The highest BCUT2D eigenvalue weighted by Crippen LogP contribution is 2.24. The second-order valence-corrected chi connectivity index (χ2v) is 7.14. The minimum atomic E-state index is -0.426. The van der Waals surface area contributed by atoms with E-state index in [1.54, 1.807) is 7.05 Å². The largest absolute Gasteiger partial charge is 0.346 e. The molecule has 1 atom stereocenters. The van der Waals surface area contributed by atoms with E-state index in [1.165, 1.54) is 53.9 Å². The fourth-order valence-electron chi connectivity index (χ4n) is 3.48. The Morgan fingerprint density at radius 1 is 1.15 bits per heavy atom. The number of carbonyl (C=O) groups is 1. The van der Waals surface area contributed by atoms with Crippen LogP contribution >= 0.6 is 0 Å². The first kappa shape index (κ1) is 18.9. The van der Waals surface area contributed by atoms with Crippen LogP contribution in [0, 0.1) is 0 Å². The van der Waals surface area contributed by atoms with Crippen LogP contribution in [-0.2, 0) is 31.7 Å². The standard InChI is InChI=1S/C21H25N3O3/c1-14(16-9-8-15-6-4-5-7-17(15)12-16)22-19(25)11-10-18-13-23(2)21(27)24(3)20(18)26/h8-14H,4-7H2,1-3H3,(H,22,25)/b11-10+. The van der Waals surface area contributed by atoms with E-state index in [9.17, 15) is 14.4 Å². The number of aromatic nitrogens is 2. The highest BCUT2D eigenvalue weighted by Gasteiger charge is 2.13. The van der Waals surface area contributed by atoms with E-state index in [0.29, 0.717) is 0 Å². The second-order valence-electron chi connectivity index (χ2n) is 7.14. The molecule has 1 aliphatic rings. The van der Waals surface area contributed by atoms with E-state index < -0.39 is 11.2 Å². The normalized spacial score (nSPS) is 14.8. The Morgan fingerprint density at radius 3 is 2.59 bits per heavy atom. The summed E-state index contributed by atoms with van der Waals surface area (Å²) >= 11 is 0. The quantitative estimate of drug-likeness (QED) is 0.839. The summed E-state index contributed by atoms with van der Waals surface area (Å²) in [4.78, 5) is 36.1. The summed E-state index contributed by atoms with van der Waals surface area (Å²) in [6.07, 6.45) is 8.89. The first-order valence-corrected chi connectivity index (χ1v) is 9.24. The van der Waals surface area contributed by atoms with Gasteiger partial charge in [0.15, 0.2) is 0 Å². The molecule has 27 heavy (non-hydrogen) atoms. The Kier molecular flexibility index (Phi) is 5.44. The van der Waals surface area contributed by atoms with Gasteiger partial charge < -0.3 is 9.88 Å². The molecule has 0 radical (unpaired) electrons. The molecule has 0 fully saturated rings. The maximum atomic E-state index is 12.3. The summed E-state index contributed by atoms with van der Waals surface area (Å²) in [7, 11) is 2.98. The molecule has 1 heterocycles. The highest BCUT2D eigenvalue weighted by molar-refractivity contribution is 5.91. The van der Waals surface area contributed by atoms with Gasteiger partial charge in [0.1, 0.15) is 0 Å². The van der Waals surface area contributed by atoms with Crippen LogP contribution in [0.15, 0.2) is 40.1 Å². The average Bonchev–Trinajstić information content (AvgIpc) is 2.67. The fourth-order valence-corrected chi connectivity index (χ4v) is 3.48. The van der Waals surface area contributed by atoms with Crippen LogP contribution in [-0.4, -0.2) is 15.0 Å². The number of aryl methyl sites for hydroxylation is 3. The van der Waals surface area contributed by atoms with Crippen molar-refractivity contribution in [3.63, 3.8) is 0 Å². The van der Waals surface area contributed by atoms with E-state index in [2.05, 4.69) is 23.5 Å². The predicted octanol–water partition coefficient (Wildman–Crippen LogP) is 1.85. The average molecular weight is 367 g/mol. The van der Waals surface area contributed by atoms with Gasteiger partial charge in [-0.05, 0) is 55.4 Å². The Labute approximate surface area is 158 Å². The van der Waals surface area contributed by atoms with Crippen LogP contribution in [0.25, 0.3) is 6.08 Å². The van der Waals surface area contributed by atoms with Gasteiger partial charge in [-0.2, -0.15) is 0 Å². The summed E-state index contributed by atoms with van der Waals surface area (Å²) < 4.78 is 2.34. The Hall–Kier alpha value is -2.89. The van der Waals surface area contributed by atoms with Crippen molar-refractivity contribution in [1.82, 2.24) is 14.5 Å². The van der Waals surface area contributed by atoms with Crippen LogP contribution in [0.4, 0.5) is 0 Å². The minimum Gasteiger partial charge on any atom is -0.346 e. The first-order chi connectivity index (χ1) is 12.9. The predicted molar refractivity (Wildman–Crippen MR) is 106 cm³/mol. The van der Waals surface area contributed by atoms with Gasteiger partial charge in [-0.3, -0.25) is 14.2 Å². The lowest BCUT2D eigenvalue weighted by Gasteiger charge is -2.19. The van der Waals surface area contributed by atoms with Crippen LogP contribution in [0.2, 0.25) is 0 Å². The van der Waals surface area contributed by atoms with Gasteiger partial charge in [0, 0.05) is 26.4 Å². The van der Waals surface area contributed by atoms with Gasteiger partial charge >= 0.3 is 5.69 Å². The monoisotopic (exact) mass is 367 g/mol. The topological polar surface area (TPSA) is 73.1 Å². The lowest BCUT2D eigenvalue weighted by molar-refractivity contribution is -0.117. The molecule has 6 nitrogen and oxygen atoms in total. The third-order valence-electron chi connectivity index (χ3n) is 5.12. The first-order valence-electron chi connectivity index (χ1n) is 9.24. The zero-order chi connectivity index (χ0) is 19.6. The molecule has 142 valence electrons. The smallest absolute Gasteiger partial charge is 0.330 e. The second kappa shape index (κ2) is 7.78. The maximum Gasteiger partial charge on any atom is 0.330 e. The van der Waals surface area contributed by atoms with Crippen molar-refractivity contribution in [2.75, 3.05) is 0 Å². The molecule has 0 aliphatic heterocycles. The Bertz CT molecular complexity index is 1010. The van der Waals surface area contributed by atoms with Crippen molar-refractivity contribution in [2.45, 2.75) is 38.6 Å². The highest BCUT2D eigenvalue weighted by atomic mass is 16.2. The van der Waals surface area contributed by atoms with Crippen molar-refractivity contribution in [1.29, 1.82) is 0 Å². The molecule has 3 rings (SSSR count). The number of hydrogen-bond donors (Lipinski definition) is 1. The van der Waals surface area contributed by atoms with E-state index in [1.807, 2.05) is 6.92 Å². The number of nitrogens with one attached hydrogen (secondary N) is 1. The van der Waals surface area contributed by atoms with Crippen molar-refractivity contribution < 1.29 is 4.79 Å². The third-order valence-corrected chi connectivity index (χ3v) is 5.12. The number of carbonyl (C=O) groups excluding carboxylic acids is 1. The molecular weight excluding hydrogens is 342 g/mol. The van der Waals surface area contributed by atoms with E-state index in [4.69, 9.17) is 0 Å². The van der Waals surface area contributed by atoms with Gasteiger partial charge in [0.2, 0.25) is 5.91 Å². The molecule has 1 aromatic heterocycles. The molecule has 6 heteroatoms. The fraction of sp³-hybridized carbons (Fsp3) is 0.381. The van der Waals surface area contributed by atoms with E-state index >= 15 is 0 Å². The summed E-state index contributed by atoms with van der Waals surface area (Å²) in [6.45, 7) is 1.95. The summed E-state index contributed by atoms with van der Waals surface area (Å²) in [5, 5.41) is 2.93. The number of amides is 1. The van der Waals surface area contributed by atoms with Crippen LogP contribution < -0.4 is 16.6 Å². The molecule has 1 aliphatic carbocycles. The minimum absolute atomic E-state index is 0.127. The van der Waals surface area contributed by atoms with E-state index in [0.717, 1.165) is 23.0 Å². The summed E-state index contributed by atoms with van der Waals surface area (Å²) in [5.41, 5.74) is 3.33.